The molecule has 0 aromatic heterocycles. The molecule has 3 rings (SSSR count). The van der Waals surface area contributed by atoms with Crippen LogP contribution in [-0.4, -0.2) is 29.1 Å². The normalized spacial score (nSPS) is 15.8. The van der Waals surface area contributed by atoms with Crippen molar-refractivity contribution in [2.75, 3.05) is 18.4 Å². The molecule has 0 fully saturated rings. The predicted octanol–water partition coefficient (Wildman–Crippen LogP) is 7.13. The number of allylic oxidation sites excluding steroid dienone is 1. The first-order valence-corrected chi connectivity index (χ1v) is 13.2. The molecule has 4 nitrogen and oxygen atoms in total. The summed E-state index contributed by atoms with van der Waals surface area (Å²) in [4.78, 5) is 20.7. The Morgan fingerprint density at radius 3 is 2.39 bits per heavy atom. The van der Waals surface area contributed by atoms with Crippen molar-refractivity contribution in [2.45, 2.75) is 90.9 Å². The minimum atomic E-state index is 0.00127. The van der Waals surface area contributed by atoms with Gasteiger partial charge in [-0.3, -0.25) is 9.79 Å². The van der Waals surface area contributed by atoms with E-state index in [9.17, 15) is 4.79 Å². The second-order valence-electron chi connectivity index (χ2n) is 8.67. The summed E-state index contributed by atoms with van der Waals surface area (Å²) >= 11 is 1.54. The fourth-order valence-corrected chi connectivity index (χ4v) is 5.39. The number of hydrogen-bond donors (Lipinski definition) is 1. The molecular formula is C26H39N3OS. The van der Waals surface area contributed by atoms with Crippen LogP contribution in [0.1, 0.15) is 90.0 Å². The maximum absolute atomic E-state index is 13.0. The van der Waals surface area contributed by atoms with Crippen molar-refractivity contribution in [2.24, 2.45) is 4.99 Å². The molecule has 0 spiro atoms. The van der Waals surface area contributed by atoms with E-state index in [1.165, 1.54) is 68.7 Å². The molecule has 0 radical (unpaired) electrons. The molecule has 2 heterocycles. The molecule has 1 N–H and O–H groups in total. The van der Waals surface area contributed by atoms with E-state index in [4.69, 9.17) is 0 Å². The lowest BCUT2D eigenvalue weighted by molar-refractivity contribution is -0.112. The number of carbonyl (C=O) groups excluding carboxylic acids is 1. The second-order valence-corrected chi connectivity index (χ2v) is 9.65. The minimum Gasteiger partial charge on any atom is -0.323 e. The number of aryl methyl sites for hydroxylation is 1. The number of thioether (sulfide) groups is 1. The van der Waals surface area contributed by atoms with Crippen LogP contribution in [0.3, 0.4) is 0 Å². The molecule has 31 heavy (non-hydrogen) atoms. The molecule has 1 aromatic carbocycles. The Hall–Kier alpha value is -1.75. The molecule has 0 aliphatic carbocycles. The van der Waals surface area contributed by atoms with Crippen LogP contribution in [-0.2, 0) is 11.2 Å². The number of anilines is 1. The van der Waals surface area contributed by atoms with Crippen molar-refractivity contribution in [3.8, 4) is 0 Å². The molecule has 2 aliphatic rings. The van der Waals surface area contributed by atoms with Crippen LogP contribution in [0.15, 0.2) is 39.9 Å². The lowest BCUT2D eigenvalue weighted by atomic mass is 10.0. The molecule has 2 aliphatic heterocycles. The number of hydrogen-bond acceptors (Lipinski definition) is 4. The zero-order valence-electron chi connectivity index (χ0n) is 19.4. The van der Waals surface area contributed by atoms with E-state index in [1.807, 2.05) is 12.1 Å². The summed E-state index contributed by atoms with van der Waals surface area (Å²) in [5.41, 5.74) is 3.38. The summed E-state index contributed by atoms with van der Waals surface area (Å²) in [5, 5.41) is 4.11. The van der Waals surface area contributed by atoms with Gasteiger partial charge in [0.25, 0.3) is 5.91 Å². The van der Waals surface area contributed by atoms with Crippen molar-refractivity contribution < 1.29 is 4.79 Å². The average molecular weight is 442 g/mol. The van der Waals surface area contributed by atoms with Gasteiger partial charge in [-0.25, -0.2) is 0 Å². The second kappa shape index (κ2) is 12.9. The molecule has 0 saturated heterocycles. The highest BCUT2D eigenvalue weighted by atomic mass is 32.2. The van der Waals surface area contributed by atoms with Crippen LogP contribution >= 0.6 is 11.8 Å². The van der Waals surface area contributed by atoms with Crippen molar-refractivity contribution >= 4 is 28.5 Å². The zero-order chi connectivity index (χ0) is 21.9. The maximum atomic E-state index is 13.0. The number of rotatable bonds is 13. The quantitative estimate of drug-likeness (QED) is 0.331. The molecule has 0 unspecified atom stereocenters. The van der Waals surface area contributed by atoms with E-state index in [2.05, 4.69) is 41.2 Å². The zero-order valence-corrected chi connectivity index (χ0v) is 20.2. The lowest BCUT2D eigenvalue weighted by Crippen LogP contribution is -2.29. The smallest absolute Gasteiger partial charge is 0.264 e. The lowest BCUT2D eigenvalue weighted by Gasteiger charge is -2.25. The van der Waals surface area contributed by atoms with Gasteiger partial charge in [0, 0.05) is 24.5 Å². The van der Waals surface area contributed by atoms with E-state index >= 15 is 0 Å². The summed E-state index contributed by atoms with van der Waals surface area (Å²) < 4.78 is 0. The number of nitrogens with one attached hydrogen (secondary N) is 1. The van der Waals surface area contributed by atoms with Gasteiger partial charge in [0.1, 0.15) is 0 Å². The molecule has 170 valence electrons. The van der Waals surface area contributed by atoms with E-state index in [-0.39, 0.29) is 5.91 Å². The van der Waals surface area contributed by atoms with Gasteiger partial charge >= 0.3 is 0 Å². The standard InChI is InChI=1S/C26H39N3OS/c1-3-5-6-7-8-9-10-11-14-21-15-17-22(18-16-21)28-25(30)24-23(13-4-2)29-20-12-19-27-26(29)31-24/h15-18H,3-14,19-20H2,1-2H3,(H,28,30). The number of carbonyl (C=O) groups is 1. The number of fused-ring (bicyclic) bond motifs is 1. The highest BCUT2D eigenvalue weighted by Crippen LogP contribution is 2.38. The minimum absolute atomic E-state index is 0.00127. The van der Waals surface area contributed by atoms with Gasteiger partial charge in [0.15, 0.2) is 5.17 Å². The van der Waals surface area contributed by atoms with Crippen molar-refractivity contribution in [3.63, 3.8) is 0 Å². The molecule has 0 bridgehead atoms. The molecule has 5 heteroatoms. The SMILES string of the molecule is CCCCCCCCCCc1ccc(NC(=O)C2=C(CCC)N3CCCN=C3S2)cc1. The highest BCUT2D eigenvalue weighted by molar-refractivity contribution is 8.18. The summed E-state index contributed by atoms with van der Waals surface area (Å²) in [6, 6.07) is 8.41. The van der Waals surface area contributed by atoms with Gasteiger partial charge in [0.2, 0.25) is 0 Å². The Balaban J connectivity index is 1.46. The monoisotopic (exact) mass is 441 g/mol. The summed E-state index contributed by atoms with van der Waals surface area (Å²) in [5.74, 6) is 0.00127. The number of unbranched alkanes of at least 4 members (excludes halogenated alkanes) is 7. The van der Waals surface area contributed by atoms with Crippen molar-refractivity contribution in [1.29, 1.82) is 0 Å². The van der Waals surface area contributed by atoms with Gasteiger partial charge < -0.3 is 10.2 Å². The van der Waals surface area contributed by atoms with Gasteiger partial charge in [-0.2, -0.15) is 0 Å². The van der Waals surface area contributed by atoms with Gasteiger partial charge in [-0.15, -0.1) is 0 Å². The first-order chi connectivity index (χ1) is 15.2. The Bertz CT molecular complexity index is 769. The fraction of sp³-hybridized carbons (Fsp3) is 0.615. The van der Waals surface area contributed by atoms with Crippen LogP contribution in [0.4, 0.5) is 5.69 Å². The highest BCUT2D eigenvalue weighted by Gasteiger charge is 2.33. The maximum Gasteiger partial charge on any atom is 0.264 e. The summed E-state index contributed by atoms with van der Waals surface area (Å²) in [6.07, 6.45) is 14.9. The number of aliphatic imine (C=N–C) groups is 1. The molecule has 0 atom stereocenters. The fourth-order valence-electron chi connectivity index (χ4n) is 4.26. The Morgan fingerprint density at radius 2 is 1.68 bits per heavy atom. The van der Waals surface area contributed by atoms with Crippen molar-refractivity contribution in [3.05, 3.63) is 40.4 Å². The Kier molecular flexibility index (Phi) is 9.98. The third-order valence-electron chi connectivity index (χ3n) is 6.02. The topological polar surface area (TPSA) is 44.7 Å². The first kappa shape index (κ1) is 23.9. The molecule has 0 saturated carbocycles. The average Bonchev–Trinajstić information content (AvgIpc) is 3.16. The van der Waals surface area contributed by atoms with E-state index in [1.54, 1.807) is 0 Å². The van der Waals surface area contributed by atoms with Crippen LogP contribution < -0.4 is 5.32 Å². The molecule has 1 aromatic rings. The molecular weight excluding hydrogens is 402 g/mol. The van der Waals surface area contributed by atoms with E-state index < -0.39 is 0 Å². The van der Waals surface area contributed by atoms with Crippen LogP contribution in [0.2, 0.25) is 0 Å². The Morgan fingerprint density at radius 1 is 0.968 bits per heavy atom. The third kappa shape index (κ3) is 7.13. The van der Waals surface area contributed by atoms with Crippen LogP contribution in [0, 0.1) is 0 Å². The number of amidine groups is 1. The van der Waals surface area contributed by atoms with Gasteiger partial charge in [0.05, 0.1) is 4.91 Å². The van der Waals surface area contributed by atoms with Gasteiger partial charge in [-0.05, 0) is 55.1 Å². The van der Waals surface area contributed by atoms with Crippen LogP contribution in [0.5, 0.6) is 0 Å². The van der Waals surface area contributed by atoms with Crippen molar-refractivity contribution in [1.82, 2.24) is 4.90 Å². The van der Waals surface area contributed by atoms with E-state index in [0.717, 1.165) is 60.2 Å². The van der Waals surface area contributed by atoms with Gasteiger partial charge in [-0.1, -0.05) is 77.3 Å². The Labute approximate surface area is 193 Å². The van der Waals surface area contributed by atoms with Crippen LogP contribution in [0.25, 0.3) is 0 Å². The molecule has 1 amide bonds. The number of amides is 1. The summed E-state index contributed by atoms with van der Waals surface area (Å²) in [6.45, 7) is 6.28. The number of nitrogens with zero attached hydrogens (tertiary/aromatic N) is 2. The third-order valence-corrected chi connectivity index (χ3v) is 7.18. The largest absolute Gasteiger partial charge is 0.323 e. The first-order valence-electron chi connectivity index (χ1n) is 12.4. The van der Waals surface area contributed by atoms with E-state index in [0.29, 0.717) is 0 Å². The predicted molar refractivity (Wildman–Crippen MR) is 135 cm³/mol. The summed E-state index contributed by atoms with van der Waals surface area (Å²) in [7, 11) is 0. The number of benzene rings is 1.